The Bertz CT molecular complexity index is 1110. The Morgan fingerprint density at radius 1 is 0.525 bits per heavy atom. The van der Waals surface area contributed by atoms with Crippen molar-refractivity contribution in [2.45, 2.75) is 219 Å². The van der Waals surface area contributed by atoms with Crippen LogP contribution < -0.4 is 5.11 Å². The van der Waals surface area contributed by atoms with Gasteiger partial charge in [-0.3, -0.25) is 9.59 Å². The highest BCUT2D eigenvalue weighted by molar-refractivity contribution is 5.70. The Kier molecular flexibility index (Phi) is 40.1. The summed E-state index contributed by atoms with van der Waals surface area (Å²) in [6, 6.07) is -0.734. The number of likely N-dealkylation sites (N-methyl/N-ethyl adjacent to an activating group) is 1. The van der Waals surface area contributed by atoms with E-state index in [0.29, 0.717) is 12.8 Å². The first-order valence-electron chi connectivity index (χ1n) is 24.2. The van der Waals surface area contributed by atoms with E-state index in [1.54, 1.807) is 21.1 Å². The van der Waals surface area contributed by atoms with E-state index in [1.165, 1.54) is 116 Å². The molecule has 8 heteroatoms. The maximum absolute atomic E-state index is 12.7. The van der Waals surface area contributed by atoms with Crippen LogP contribution in [0.4, 0.5) is 0 Å². The van der Waals surface area contributed by atoms with Crippen LogP contribution in [0.2, 0.25) is 0 Å². The van der Waals surface area contributed by atoms with E-state index in [2.05, 4.69) is 62.5 Å². The van der Waals surface area contributed by atoms with Crippen molar-refractivity contribution in [1.82, 2.24) is 0 Å². The number of carbonyl (C=O) groups is 3. The van der Waals surface area contributed by atoms with Gasteiger partial charge in [0.25, 0.3) is 0 Å². The molecule has 0 radical (unpaired) electrons. The minimum atomic E-state index is -1.13. The van der Waals surface area contributed by atoms with Crippen LogP contribution in [0.1, 0.15) is 206 Å². The molecule has 0 aliphatic heterocycles. The highest BCUT2D eigenvalue weighted by Gasteiger charge is 2.25. The van der Waals surface area contributed by atoms with Crippen LogP contribution in [0.5, 0.6) is 0 Å². The summed E-state index contributed by atoms with van der Waals surface area (Å²) in [5.41, 5.74) is 0. The lowest BCUT2D eigenvalue weighted by atomic mass is 10.0. The number of rotatable bonds is 43. The third kappa shape index (κ3) is 40.5. The monoisotopic (exact) mass is 830 g/mol. The second-order valence-corrected chi connectivity index (χ2v) is 17.3. The standard InChI is InChI=1S/C51H91NO7/c1-6-8-10-12-14-16-18-20-21-22-23-24-25-26-27-28-29-30-32-33-35-37-39-41-49(53)58-46-47(45-57-44-43-48(51(55)56)52(3,4)5)59-50(54)42-40-38-36-34-31-19-17-15-13-11-9-7-2/h9,11,15,17,26-27,31,34,47-48H,6-8,10,12-14,16,18-25,28-30,32-33,35-46H2,1-5H3/b11-9+,17-15+,27-26+,34-31+. The Morgan fingerprint density at radius 3 is 1.46 bits per heavy atom. The predicted molar refractivity (Wildman–Crippen MR) is 245 cm³/mol. The Labute approximate surface area is 363 Å². The molecule has 0 aliphatic rings. The number of hydrogen-bond acceptors (Lipinski definition) is 7. The fourth-order valence-corrected chi connectivity index (χ4v) is 6.96. The zero-order valence-corrected chi connectivity index (χ0v) is 38.9. The number of ether oxygens (including phenoxy) is 3. The number of unbranched alkanes of at least 4 members (excludes halogenated alkanes) is 21. The van der Waals surface area contributed by atoms with Gasteiger partial charge in [-0.15, -0.1) is 0 Å². The van der Waals surface area contributed by atoms with Gasteiger partial charge in [0.2, 0.25) is 0 Å². The fourth-order valence-electron chi connectivity index (χ4n) is 6.96. The average molecular weight is 830 g/mol. The molecule has 0 rings (SSSR count). The van der Waals surface area contributed by atoms with Gasteiger partial charge in [-0.1, -0.05) is 165 Å². The Morgan fingerprint density at radius 2 is 0.949 bits per heavy atom. The number of hydrogen-bond donors (Lipinski definition) is 0. The SMILES string of the molecule is CC/C=C/C/C=C/C/C=C/CCCCC(=O)OC(COCCC(C(=O)[O-])[N+](C)(C)C)COC(=O)CCCCCCCCC/C=C/CCCCCCCCCCCCCC. The summed E-state index contributed by atoms with van der Waals surface area (Å²) >= 11 is 0. The maximum atomic E-state index is 12.7. The summed E-state index contributed by atoms with van der Waals surface area (Å²) in [5, 5.41) is 11.6. The van der Waals surface area contributed by atoms with E-state index in [4.69, 9.17) is 14.2 Å². The van der Waals surface area contributed by atoms with Gasteiger partial charge in [-0.2, -0.15) is 0 Å². The van der Waals surface area contributed by atoms with Crippen molar-refractivity contribution in [3.63, 3.8) is 0 Å². The molecule has 0 amide bonds. The van der Waals surface area contributed by atoms with Crippen LogP contribution >= 0.6 is 0 Å². The molecule has 0 aromatic carbocycles. The van der Waals surface area contributed by atoms with E-state index in [1.807, 2.05) is 0 Å². The molecule has 0 heterocycles. The molecule has 2 atom stereocenters. The van der Waals surface area contributed by atoms with Crippen LogP contribution in [0.15, 0.2) is 48.6 Å². The molecule has 0 bridgehead atoms. The third-order valence-electron chi connectivity index (χ3n) is 10.7. The normalized spacial score (nSPS) is 13.3. The Balaban J connectivity index is 4.22. The molecular formula is C51H91NO7. The molecule has 0 N–H and O–H groups in total. The minimum absolute atomic E-state index is 0.0235. The van der Waals surface area contributed by atoms with Crippen LogP contribution in [0, 0.1) is 0 Å². The van der Waals surface area contributed by atoms with Gasteiger partial charge < -0.3 is 28.6 Å². The first-order chi connectivity index (χ1) is 28.6. The van der Waals surface area contributed by atoms with Crippen LogP contribution in [0.3, 0.4) is 0 Å². The molecule has 342 valence electrons. The lowest BCUT2D eigenvalue weighted by molar-refractivity contribution is -0.889. The van der Waals surface area contributed by atoms with E-state index in [-0.39, 0.29) is 49.1 Å². The van der Waals surface area contributed by atoms with Gasteiger partial charge in [0.1, 0.15) is 12.6 Å². The first-order valence-corrected chi connectivity index (χ1v) is 24.2. The predicted octanol–water partition coefficient (Wildman–Crippen LogP) is 12.3. The number of carboxylic acids is 1. The fraction of sp³-hybridized carbons (Fsp3) is 0.784. The minimum Gasteiger partial charge on any atom is -0.544 e. The summed E-state index contributed by atoms with van der Waals surface area (Å²) in [4.78, 5) is 36.9. The van der Waals surface area contributed by atoms with Crippen molar-refractivity contribution in [2.75, 3.05) is 41.0 Å². The molecule has 2 unspecified atom stereocenters. The van der Waals surface area contributed by atoms with Gasteiger partial charge in [-0.05, 0) is 70.6 Å². The molecule has 8 nitrogen and oxygen atoms in total. The number of allylic oxidation sites excluding steroid dienone is 8. The molecule has 0 fully saturated rings. The lowest BCUT2D eigenvalue weighted by Gasteiger charge is -2.34. The van der Waals surface area contributed by atoms with Gasteiger partial charge in [0, 0.05) is 19.3 Å². The molecule has 0 spiro atoms. The number of carboxylic acid groups (broad SMARTS) is 1. The number of carbonyl (C=O) groups excluding carboxylic acids is 3. The average Bonchev–Trinajstić information content (AvgIpc) is 3.19. The lowest BCUT2D eigenvalue weighted by Crippen LogP contribution is -2.55. The third-order valence-corrected chi connectivity index (χ3v) is 10.7. The van der Waals surface area contributed by atoms with E-state index < -0.39 is 18.1 Å². The van der Waals surface area contributed by atoms with Gasteiger partial charge in [0.15, 0.2) is 6.10 Å². The summed E-state index contributed by atoms with van der Waals surface area (Å²) in [5.74, 6) is -1.79. The molecule has 59 heavy (non-hydrogen) atoms. The van der Waals surface area contributed by atoms with Crippen LogP contribution in [-0.2, 0) is 28.6 Å². The van der Waals surface area contributed by atoms with Crippen LogP contribution in [0.25, 0.3) is 0 Å². The smallest absolute Gasteiger partial charge is 0.306 e. The van der Waals surface area contributed by atoms with Crippen molar-refractivity contribution in [2.24, 2.45) is 0 Å². The quantitative estimate of drug-likeness (QED) is 0.0261. The number of esters is 2. The second kappa shape index (κ2) is 42.0. The van der Waals surface area contributed by atoms with E-state index >= 15 is 0 Å². The second-order valence-electron chi connectivity index (χ2n) is 17.3. The number of quaternary nitrogens is 1. The van der Waals surface area contributed by atoms with Crippen molar-refractivity contribution >= 4 is 17.9 Å². The molecule has 0 saturated heterocycles. The molecule has 0 aliphatic carbocycles. The summed E-state index contributed by atoms with van der Waals surface area (Å²) in [6.45, 7) is 4.51. The van der Waals surface area contributed by atoms with Crippen LogP contribution in [-0.4, -0.2) is 75.5 Å². The van der Waals surface area contributed by atoms with Gasteiger partial charge in [0.05, 0.1) is 40.3 Å². The summed E-state index contributed by atoms with van der Waals surface area (Å²) in [7, 11) is 5.39. The summed E-state index contributed by atoms with van der Waals surface area (Å²) in [6.07, 6.45) is 50.2. The largest absolute Gasteiger partial charge is 0.544 e. The van der Waals surface area contributed by atoms with E-state index in [0.717, 1.165) is 51.4 Å². The van der Waals surface area contributed by atoms with Crippen molar-refractivity contribution in [1.29, 1.82) is 0 Å². The molecule has 0 aromatic heterocycles. The Hall–Kier alpha value is -2.71. The highest BCUT2D eigenvalue weighted by Crippen LogP contribution is 2.15. The van der Waals surface area contributed by atoms with Crippen molar-refractivity contribution in [3.8, 4) is 0 Å². The first kappa shape index (κ1) is 56.3. The molecular weight excluding hydrogens is 739 g/mol. The summed E-state index contributed by atoms with van der Waals surface area (Å²) < 4.78 is 17.1. The zero-order chi connectivity index (χ0) is 43.5. The number of aliphatic carboxylic acids is 1. The van der Waals surface area contributed by atoms with E-state index in [9.17, 15) is 19.5 Å². The zero-order valence-electron chi connectivity index (χ0n) is 38.9. The topological polar surface area (TPSA) is 102 Å². The van der Waals surface area contributed by atoms with Crippen molar-refractivity contribution in [3.05, 3.63) is 48.6 Å². The van der Waals surface area contributed by atoms with Gasteiger partial charge >= 0.3 is 11.9 Å². The van der Waals surface area contributed by atoms with Gasteiger partial charge in [-0.25, -0.2) is 0 Å². The number of nitrogens with zero attached hydrogens (tertiary/aromatic N) is 1. The van der Waals surface area contributed by atoms with Crippen molar-refractivity contribution < 1.29 is 38.2 Å². The molecule has 0 saturated carbocycles. The highest BCUT2D eigenvalue weighted by atomic mass is 16.6. The molecule has 0 aromatic rings. The maximum Gasteiger partial charge on any atom is 0.306 e.